The standard InChI is InChI=1S/C5H4N2O/c6-3-1-2-5(8)4-7/h1-2H2. The van der Waals surface area contributed by atoms with E-state index in [1.807, 2.05) is 0 Å². The van der Waals surface area contributed by atoms with Gasteiger partial charge in [-0.05, 0) is 0 Å². The first-order chi connectivity index (χ1) is 3.81. The van der Waals surface area contributed by atoms with E-state index in [-0.39, 0.29) is 12.8 Å². The second-order valence-electron chi connectivity index (χ2n) is 1.19. The number of nitriles is 2. The van der Waals surface area contributed by atoms with E-state index in [2.05, 4.69) is 0 Å². The van der Waals surface area contributed by atoms with E-state index in [1.54, 1.807) is 6.07 Å². The summed E-state index contributed by atoms with van der Waals surface area (Å²) in [4.78, 5) is 10.1. The molecular weight excluding hydrogens is 104 g/mol. The van der Waals surface area contributed by atoms with E-state index in [1.165, 1.54) is 6.07 Å². The SMILES string of the molecule is N#CCCC(=O)C#N. The first-order valence-electron chi connectivity index (χ1n) is 2.11. The molecule has 0 fully saturated rings. The fourth-order valence-corrected chi connectivity index (χ4v) is 0.225. The Bertz CT molecular complexity index is 160. The van der Waals surface area contributed by atoms with Gasteiger partial charge in [0.25, 0.3) is 0 Å². The predicted molar refractivity (Wildman–Crippen MR) is 25.5 cm³/mol. The van der Waals surface area contributed by atoms with Crippen molar-refractivity contribution in [1.82, 2.24) is 0 Å². The van der Waals surface area contributed by atoms with Gasteiger partial charge in [-0.15, -0.1) is 0 Å². The molecule has 0 saturated heterocycles. The van der Waals surface area contributed by atoms with Gasteiger partial charge < -0.3 is 0 Å². The molecule has 0 heterocycles. The minimum absolute atomic E-state index is 0.0625. The van der Waals surface area contributed by atoms with E-state index >= 15 is 0 Å². The molecule has 0 unspecified atom stereocenters. The number of rotatable bonds is 2. The van der Waals surface area contributed by atoms with E-state index in [9.17, 15) is 4.79 Å². The number of hydrogen-bond acceptors (Lipinski definition) is 3. The Labute approximate surface area is 47.1 Å². The van der Waals surface area contributed by atoms with E-state index in [0.717, 1.165) is 0 Å². The van der Waals surface area contributed by atoms with Crippen LogP contribution in [0, 0.1) is 22.7 Å². The molecule has 0 saturated carbocycles. The maximum atomic E-state index is 10.1. The van der Waals surface area contributed by atoms with Gasteiger partial charge >= 0.3 is 0 Å². The van der Waals surface area contributed by atoms with Crippen molar-refractivity contribution in [2.24, 2.45) is 0 Å². The molecule has 0 atom stereocenters. The van der Waals surface area contributed by atoms with Gasteiger partial charge in [-0.2, -0.15) is 10.5 Å². The lowest BCUT2D eigenvalue weighted by Crippen LogP contribution is -1.89. The molecule has 3 nitrogen and oxygen atoms in total. The lowest BCUT2D eigenvalue weighted by Gasteiger charge is -1.76. The van der Waals surface area contributed by atoms with Gasteiger partial charge in [-0.25, -0.2) is 0 Å². The first kappa shape index (κ1) is 6.65. The highest BCUT2D eigenvalue weighted by atomic mass is 16.1. The van der Waals surface area contributed by atoms with Gasteiger partial charge in [0, 0.05) is 12.8 Å². The van der Waals surface area contributed by atoms with Gasteiger partial charge in [0.2, 0.25) is 5.78 Å². The summed E-state index contributed by atoms with van der Waals surface area (Å²) in [6.45, 7) is 0. The number of Topliss-reactive ketones (excluding diaryl/α,β-unsaturated/α-hetero) is 1. The van der Waals surface area contributed by atoms with Crippen molar-refractivity contribution in [3.8, 4) is 12.1 Å². The molecule has 0 aliphatic rings. The summed E-state index contributed by atoms with van der Waals surface area (Å²) in [5.74, 6) is -0.522. The first-order valence-corrected chi connectivity index (χ1v) is 2.11. The molecule has 0 aliphatic carbocycles. The monoisotopic (exact) mass is 108 g/mol. The highest BCUT2D eigenvalue weighted by Crippen LogP contribution is 1.85. The van der Waals surface area contributed by atoms with E-state index in [4.69, 9.17) is 10.5 Å². The van der Waals surface area contributed by atoms with E-state index < -0.39 is 5.78 Å². The molecular formula is C5H4N2O. The number of nitrogens with zero attached hydrogens (tertiary/aromatic N) is 2. The van der Waals surface area contributed by atoms with Crippen LogP contribution in [-0.2, 0) is 4.79 Å². The van der Waals surface area contributed by atoms with E-state index in [0.29, 0.717) is 0 Å². The van der Waals surface area contributed by atoms with Crippen molar-refractivity contribution in [2.45, 2.75) is 12.8 Å². The third-order valence-corrected chi connectivity index (χ3v) is 0.589. The molecule has 40 valence electrons. The Morgan fingerprint density at radius 3 is 2.50 bits per heavy atom. The second-order valence-corrected chi connectivity index (χ2v) is 1.19. The fourth-order valence-electron chi connectivity index (χ4n) is 0.225. The fraction of sp³-hybridized carbons (Fsp3) is 0.400. The lowest BCUT2D eigenvalue weighted by atomic mass is 10.2. The van der Waals surface area contributed by atoms with Crippen LogP contribution in [0.25, 0.3) is 0 Å². The van der Waals surface area contributed by atoms with Crippen molar-refractivity contribution >= 4 is 5.78 Å². The quantitative estimate of drug-likeness (QED) is 0.480. The van der Waals surface area contributed by atoms with Crippen molar-refractivity contribution in [1.29, 1.82) is 10.5 Å². The highest BCUT2D eigenvalue weighted by Gasteiger charge is 1.94. The van der Waals surface area contributed by atoms with Gasteiger partial charge in [0.1, 0.15) is 6.07 Å². The number of hydrogen-bond donors (Lipinski definition) is 0. The van der Waals surface area contributed by atoms with Gasteiger partial charge in [0.15, 0.2) is 0 Å². The number of carbonyl (C=O) groups excluding carboxylic acids is 1. The van der Waals surface area contributed by atoms with Crippen LogP contribution in [-0.4, -0.2) is 5.78 Å². The van der Waals surface area contributed by atoms with Crippen molar-refractivity contribution in [3.63, 3.8) is 0 Å². The molecule has 3 heteroatoms. The number of carbonyl (C=O) groups is 1. The largest absolute Gasteiger partial charge is 0.283 e. The van der Waals surface area contributed by atoms with Crippen LogP contribution in [0.1, 0.15) is 12.8 Å². The summed E-state index contributed by atoms with van der Waals surface area (Å²) < 4.78 is 0. The molecule has 0 spiro atoms. The smallest absolute Gasteiger partial charge is 0.232 e. The Balaban J connectivity index is 3.33. The van der Waals surface area contributed by atoms with Crippen molar-refractivity contribution in [2.75, 3.05) is 0 Å². The number of ketones is 1. The third-order valence-electron chi connectivity index (χ3n) is 0.589. The molecule has 0 rings (SSSR count). The maximum absolute atomic E-state index is 10.1. The van der Waals surface area contributed by atoms with Crippen molar-refractivity contribution < 1.29 is 4.79 Å². The highest BCUT2D eigenvalue weighted by molar-refractivity contribution is 5.93. The zero-order valence-corrected chi connectivity index (χ0v) is 4.22. The normalized spacial score (nSPS) is 6.75. The average Bonchev–Trinajstić information content (AvgIpc) is 1.83. The molecule has 0 aromatic carbocycles. The van der Waals surface area contributed by atoms with Gasteiger partial charge in [-0.1, -0.05) is 0 Å². The lowest BCUT2D eigenvalue weighted by molar-refractivity contribution is -0.113. The van der Waals surface area contributed by atoms with Crippen LogP contribution in [0.5, 0.6) is 0 Å². The minimum atomic E-state index is -0.522. The Morgan fingerprint density at radius 1 is 1.50 bits per heavy atom. The summed E-state index contributed by atoms with van der Waals surface area (Å²) in [6.07, 6.45) is 0.208. The Kier molecular flexibility index (Phi) is 3.18. The third kappa shape index (κ3) is 2.87. The molecule has 0 aliphatic heterocycles. The average molecular weight is 108 g/mol. The zero-order chi connectivity index (χ0) is 6.41. The Hall–Kier alpha value is -1.35. The summed E-state index contributed by atoms with van der Waals surface area (Å²) in [5.41, 5.74) is 0. The predicted octanol–water partition coefficient (Wildman–Crippen LogP) is 0.383. The molecule has 8 heavy (non-hydrogen) atoms. The zero-order valence-electron chi connectivity index (χ0n) is 4.22. The van der Waals surface area contributed by atoms with Crippen LogP contribution < -0.4 is 0 Å². The summed E-state index contributed by atoms with van der Waals surface area (Å²) in [5, 5.41) is 15.8. The maximum Gasteiger partial charge on any atom is 0.232 e. The molecule has 0 bridgehead atoms. The van der Waals surface area contributed by atoms with Crippen molar-refractivity contribution in [3.05, 3.63) is 0 Å². The van der Waals surface area contributed by atoms with Crippen LogP contribution in [0.15, 0.2) is 0 Å². The molecule has 0 N–H and O–H groups in total. The molecule has 0 aromatic rings. The van der Waals surface area contributed by atoms with Crippen LogP contribution in [0.3, 0.4) is 0 Å². The van der Waals surface area contributed by atoms with Gasteiger partial charge in [0.05, 0.1) is 6.07 Å². The summed E-state index contributed by atoms with van der Waals surface area (Å²) >= 11 is 0. The van der Waals surface area contributed by atoms with Crippen LogP contribution in [0.2, 0.25) is 0 Å². The minimum Gasteiger partial charge on any atom is -0.283 e. The topological polar surface area (TPSA) is 64.7 Å². The molecule has 0 aromatic heterocycles. The van der Waals surface area contributed by atoms with Crippen LogP contribution >= 0.6 is 0 Å². The Morgan fingerprint density at radius 2 is 2.12 bits per heavy atom. The van der Waals surface area contributed by atoms with Gasteiger partial charge in [-0.3, -0.25) is 4.79 Å². The summed E-state index contributed by atoms with van der Waals surface area (Å²) in [6, 6.07) is 3.17. The second kappa shape index (κ2) is 3.83. The molecule has 0 radical (unpaired) electrons. The summed E-state index contributed by atoms with van der Waals surface area (Å²) in [7, 11) is 0. The van der Waals surface area contributed by atoms with Crippen LogP contribution in [0.4, 0.5) is 0 Å². The molecule has 0 amide bonds.